The normalized spacial score (nSPS) is 58.0. The van der Waals surface area contributed by atoms with Crippen LogP contribution in [0.3, 0.4) is 0 Å². The van der Waals surface area contributed by atoms with Crippen LogP contribution in [0.15, 0.2) is 0 Å². The van der Waals surface area contributed by atoms with Gasteiger partial charge in [-0.1, -0.05) is 13.8 Å². The van der Waals surface area contributed by atoms with Gasteiger partial charge in [0.15, 0.2) is 12.6 Å². The number of carboxylic acids is 1. The molecule has 6 fully saturated rings. The van der Waals surface area contributed by atoms with Crippen LogP contribution in [0.1, 0.15) is 85.0 Å². The van der Waals surface area contributed by atoms with Crippen LogP contribution in [0, 0.1) is 40.4 Å². The summed E-state index contributed by atoms with van der Waals surface area (Å²) in [5, 5.41) is 41.2. The Bertz CT molecular complexity index is 934. The molecule has 4 aliphatic carbocycles. The average Bonchev–Trinajstić information content (AvgIpc) is 3.07. The first-order chi connectivity index (χ1) is 17.9. The zero-order chi connectivity index (χ0) is 27.2. The summed E-state index contributed by atoms with van der Waals surface area (Å²) in [7, 11) is 0. The number of aliphatic hydroxyl groups excluding tert-OH is 3. The fourth-order valence-corrected chi connectivity index (χ4v) is 10.6. The Morgan fingerprint density at radius 3 is 2.45 bits per heavy atom. The second-order valence-corrected chi connectivity index (χ2v) is 14.1. The molecular weight excluding hydrogens is 490 g/mol. The van der Waals surface area contributed by atoms with Crippen molar-refractivity contribution in [2.45, 2.75) is 134 Å². The minimum atomic E-state index is -1.06. The number of hydrogen-bond acceptors (Lipinski definition) is 8. The second kappa shape index (κ2) is 9.36. The lowest BCUT2D eigenvalue weighted by Gasteiger charge is -2.67. The van der Waals surface area contributed by atoms with Crippen molar-refractivity contribution < 1.29 is 39.4 Å². The van der Waals surface area contributed by atoms with Crippen LogP contribution in [0.25, 0.3) is 0 Å². The highest BCUT2D eigenvalue weighted by molar-refractivity contribution is 5.67. The molecule has 4 saturated carbocycles. The van der Waals surface area contributed by atoms with Gasteiger partial charge in [0.1, 0.15) is 6.10 Å². The van der Waals surface area contributed by atoms with Gasteiger partial charge >= 0.3 is 5.97 Å². The van der Waals surface area contributed by atoms with Gasteiger partial charge in [0.25, 0.3) is 0 Å². The van der Waals surface area contributed by atoms with E-state index in [4.69, 9.17) is 19.9 Å². The van der Waals surface area contributed by atoms with Gasteiger partial charge in [0, 0.05) is 11.3 Å². The molecule has 0 aromatic carbocycles. The molecule has 2 bridgehead atoms. The largest absolute Gasteiger partial charge is 0.481 e. The maximum atomic E-state index is 11.6. The standard InChI is InChI=1S/C29H47NO8/c1-14-23(33)22(30)24(34)26(36-14)37-16-6-9-27(2)15(12-16)4-5-20-19(27)7-10-28(3)18-8-11-29(20,28)38-25(35)17(18)13-21(31)32/h14-20,22-26,33-35H,4-13,30H2,1-3H3,(H,31,32)/t14-,15-,16+,17+,18-,19+,20-,22-,23-,24+,25-,26-,27+,28-,29+/m1/s1. The predicted octanol–water partition coefficient (Wildman–Crippen LogP) is 2.39. The summed E-state index contributed by atoms with van der Waals surface area (Å²) in [6, 6.07) is -0.792. The van der Waals surface area contributed by atoms with Crippen molar-refractivity contribution in [2.24, 2.45) is 46.2 Å². The number of ether oxygens (including phenoxy) is 3. The fourth-order valence-electron chi connectivity index (χ4n) is 10.6. The first-order valence-electron chi connectivity index (χ1n) is 14.9. The smallest absolute Gasteiger partial charge is 0.303 e. The summed E-state index contributed by atoms with van der Waals surface area (Å²) in [5.74, 6) is 0.350. The third-order valence-corrected chi connectivity index (χ3v) is 12.7. The summed E-state index contributed by atoms with van der Waals surface area (Å²) in [6.45, 7) is 6.52. The van der Waals surface area contributed by atoms with E-state index < -0.39 is 42.9 Å². The number of carbonyl (C=O) groups is 1. The molecule has 0 amide bonds. The number of hydrogen-bond donors (Lipinski definition) is 5. The Labute approximate surface area is 225 Å². The zero-order valence-corrected chi connectivity index (χ0v) is 23.0. The molecule has 2 saturated heterocycles. The quantitative estimate of drug-likeness (QED) is 0.340. The topological polar surface area (TPSA) is 152 Å². The fraction of sp³-hybridized carbons (Fsp3) is 0.966. The summed E-state index contributed by atoms with van der Waals surface area (Å²) in [4.78, 5) is 11.6. The highest BCUT2D eigenvalue weighted by atomic mass is 16.7. The Morgan fingerprint density at radius 1 is 0.974 bits per heavy atom. The highest BCUT2D eigenvalue weighted by Crippen LogP contribution is 2.73. The van der Waals surface area contributed by atoms with Gasteiger partial charge in [-0.3, -0.25) is 4.79 Å². The van der Waals surface area contributed by atoms with Crippen LogP contribution in [-0.4, -0.2) is 75.0 Å². The Kier molecular flexibility index (Phi) is 6.74. The number of nitrogens with two attached hydrogens (primary N) is 1. The number of aliphatic carboxylic acids is 1. The summed E-state index contributed by atoms with van der Waals surface area (Å²) < 4.78 is 18.7. The molecule has 6 N–H and O–H groups in total. The molecule has 0 radical (unpaired) electrons. The Hall–Kier alpha value is -0.810. The van der Waals surface area contributed by atoms with E-state index in [-0.39, 0.29) is 40.8 Å². The molecule has 0 aromatic rings. The molecule has 0 spiro atoms. The summed E-state index contributed by atoms with van der Waals surface area (Å²) >= 11 is 0. The molecule has 6 rings (SSSR count). The zero-order valence-electron chi connectivity index (χ0n) is 23.0. The SMILES string of the molecule is C[C@H]1O[C@H](O[C@H]2CC[C@@]3(C)[C@H](CC[C@@H]4[C@@H]3CC[C@]3(C)[C@@H]5CC[C@]43O[C@@H](O)[C@H]5CC(=O)O)C2)[C@@H](O)[C@H](N)[C@@H]1O. The van der Waals surface area contributed by atoms with Crippen LogP contribution in [-0.2, 0) is 19.0 Å². The molecule has 2 aliphatic heterocycles. The number of carboxylic acid groups (broad SMARTS) is 1. The molecule has 9 heteroatoms. The first kappa shape index (κ1) is 27.4. The number of rotatable bonds is 4. The van der Waals surface area contributed by atoms with E-state index in [0.29, 0.717) is 17.8 Å². The first-order valence-corrected chi connectivity index (χ1v) is 14.9. The summed E-state index contributed by atoms with van der Waals surface area (Å²) in [5.41, 5.74) is 5.71. The third-order valence-electron chi connectivity index (χ3n) is 12.7. The van der Waals surface area contributed by atoms with Crippen LogP contribution >= 0.6 is 0 Å². The minimum absolute atomic E-state index is 0.0219. The maximum absolute atomic E-state index is 11.6. The van der Waals surface area contributed by atoms with Gasteiger partial charge in [0.05, 0.1) is 36.4 Å². The van der Waals surface area contributed by atoms with Gasteiger partial charge in [0.2, 0.25) is 0 Å². The van der Waals surface area contributed by atoms with E-state index in [9.17, 15) is 25.2 Å². The molecule has 0 aromatic heterocycles. The van der Waals surface area contributed by atoms with E-state index in [1.165, 1.54) is 0 Å². The van der Waals surface area contributed by atoms with Gasteiger partial charge in [-0.25, -0.2) is 0 Å². The predicted molar refractivity (Wildman–Crippen MR) is 136 cm³/mol. The van der Waals surface area contributed by atoms with E-state index >= 15 is 0 Å². The van der Waals surface area contributed by atoms with Crippen molar-refractivity contribution in [3.05, 3.63) is 0 Å². The molecule has 9 nitrogen and oxygen atoms in total. The second-order valence-electron chi connectivity index (χ2n) is 14.1. The van der Waals surface area contributed by atoms with Crippen molar-refractivity contribution in [2.75, 3.05) is 0 Å². The van der Waals surface area contributed by atoms with Crippen LogP contribution in [0.4, 0.5) is 0 Å². The highest BCUT2D eigenvalue weighted by Gasteiger charge is 2.72. The van der Waals surface area contributed by atoms with Crippen LogP contribution < -0.4 is 5.73 Å². The average molecular weight is 538 g/mol. The van der Waals surface area contributed by atoms with Crippen molar-refractivity contribution in [3.8, 4) is 0 Å². The van der Waals surface area contributed by atoms with E-state index in [2.05, 4.69) is 13.8 Å². The molecule has 6 aliphatic rings. The van der Waals surface area contributed by atoms with Gasteiger partial charge in [-0.2, -0.15) is 0 Å². The third kappa shape index (κ3) is 3.79. The monoisotopic (exact) mass is 537 g/mol. The Balaban J connectivity index is 1.18. The Morgan fingerprint density at radius 2 is 1.71 bits per heavy atom. The van der Waals surface area contributed by atoms with Crippen LogP contribution in [0.2, 0.25) is 0 Å². The van der Waals surface area contributed by atoms with Crippen molar-refractivity contribution in [1.29, 1.82) is 0 Å². The molecule has 0 unspecified atom stereocenters. The lowest BCUT2D eigenvalue weighted by molar-refractivity contribution is -0.334. The van der Waals surface area contributed by atoms with Crippen molar-refractivity contribution in [1.82, 2.24) is 0 Å². The molecule has 216 valence electrons. The van der Waals surface area contributed by atoms with Gasteiger partial charge < -0.3 is 40.4 Å². The molecule has 2 heterocycles. The van der Waals surface area contributed by atoms with Crippen LogP contribution in [0.5, 0.6) is 0 Å². The summed E-state index contributed by atoms with van der Waals surface area (Å²) in [6.07, 6.45) is 4.57. The lowest BCUT2D eigenvalue weighted by atomic mass is 9.42. The van der Waals surface area contributed by atoms with E-state index in [0.717, 1.165) is 57.8 Å². The molecule has 15 atom stereocenters. The molecule has 38 heavy (non-hydrogen) atoms. The lowest BCUT2D eigenvalue weighted by Crippen LogP contribution is -2.67. The minimum Gasteiger partial charge on any atom is -0.481 e. The van der Waals surface area contributed by atoms with Crippen molar-refractivity contribution >= 4 is 5.97 Å². The van der Waals surface area contributed by atoms with Gasteiger partial charge in [-0.15, -0.1) is 0 Å². The van der Waals surface area contributed by atoms with E-state index in [1.54, 1.807) is 6.92 Å². The number of fused-ring (bicyclic) bond motifs is 3. The maximum Gasteiger partial charge on any atom is 0.303 e. The number of aliphatic hydroxyl groups is 3. The van der Waals surface area contributed by atoms with E-state index in [1.807, 2.05) is 0 Å². The molecular formula is C29H47NO8. The van der Waals surface area contributed by atoms with Crippen molar-refractivity contribution in [3.63, 3.8) is 0 Å². The van der Waals surface area contributed by atoms with Gasteiger partial charge in [-0.05, 0) is 93.8 Å².